The fourth-order valence-corrected chi connectivity index (χ4v) is 1.12. The van der Waals surface area contributed by atoms with Gasteiger partial charge >= 0.3 is 5.97 Å². The number of aromatic nitrogens is 1. The van der Waals surface area contributed by atoms with Gasteiger partial charge in [-0.25, -0.2) is 22.9 Å². The van der Waals surface area contributed by atoms with Gasteiger partial charge in [0, 0.05) is 6.07 Å². The van der Waals surface area contributed by atoms with Crippen molar-refractivity contribution in [2.45, 2.75) is 13.3 Å². The van der Waals surface area contributed by atoms with E-state index in [9.17, 15) is 18.0 Å². The van der Waals surface area contributed by atoms with E-state index in [1.807, 2.05) is 0 Å². The molecule has 7 heteroatoms. The SMILES string of the molecule is CCOC(=O)c1nc(OC)cc(C(F)F)c1F. The maximum Gasteiger partial charge on any atom is 0.360 e. The molecule has 1 rings (SSSR count). The normalized spacial score (nSPS) is 10.5. The van der Waals surface area contributed by atoms with Crippen LogP contribution >= 0.6 is 0 Å². The second-order valence-electron chi connectivity index (χ2n) is 2.94. The number of ether oxygens (including phenoxy) is 2. The molecule has 0 bridgehead atoms. The Hall–Kier alpha value is -1.79. The third-order valence-corrected chi connectivity index (χ3v) is 1.88. The zero-order valence-corrected chi connectivity index (χ0v) is 9.17. The number of hydrogen-bond acceptors (Lipinski definition) is 4. The van der Waals surface area contributed by atoms with Gasteiger partial charge in [-0.05, 0) is 6.92 Å². The van der Waals surface area contributed by atoms with E-state index in [1.54, 1.807) is 0 Å². The third kappa shape index (κ3) is 2.86. The fourth-order valence-electron chi connectivity index (χ4n) is 1.12. The molecule has 4 nitrogen and oxygen atoms in total. The van der Waals surface area contributed by atoms with Gasteiger partial charge in [-0.15, -0.1) is 0 Å². The average molecular weight is 249 g/mol. The molecule has 1 aromatic heterocycles. The molecule has 0 aliphatic carbocycles. The van der Waals surface area contributed by atoms with Crippen molar-refractivity contribution >= 4 is 5.97 Å². The lowest BCUT2D eigenvalue weighted by Gasteiger charge is -2.09. The zero-order chi connectivity index (χ0) is 13.0. The molecular formula is C10H10F3NO3. The Kier molecular flexibility index (Phi) is 4.30. The van der Waals surface area contributed by atoms with Crippen molar-refractivity contribution in [3.05, 3.63) is 23.1 Å². The van der Waals surface area contributed by atoms with E-state index in [2.05, 4.69) is 14.5 Å². The Morgan fingerprint density at radius 1 is 1.53 bits per heavy atom. The van der Waals surface area contributed by atoms with Crippen LogP contribution in [0, 0.1) is 5.82 Å². The molecule has 17 heavy (non-hydrogen) atoms. The lowest BCUT2D eigenvalue weighted by Crippen LogP contribution is -2.12. The minimum atomic E-state index is -3.07. The number of carbonyl (C=O) groups is 1. The van der Waals surface area contributed by atoms with Crippen LogP contribution in [0.15, 0.2) is 6.07 Å². The van der Waals surface area contributed by atoms with Crippen LogP contribution in [0.2, 0.25) is 0 Å². The number of carbonyl (C=O) groups excluding carboxylic acids is 1. The fraction of sp³-hybridized carbons (Fsp3) is 0.400. The molecule has 0 unspecified atom stereocenters. The number of methoxy groups -OCH3 is 1. The molecule has 94 valence electrons. The molecule has 0 aromatic carbocycles. The van der Waals surface area contributed by atoms with Gasteiger partial charge in [0.05, 0.1) is 19.3 Å². The van der Waals surface area contributed by atoms with Crippen LogP contribution in [0.5, 0.6) is 5.88 Å². The summed E-state index contributed by atoms with van der Waals surface area (Å²) in [4.78, 5) is 14.7. The van der Waals surface area contributed by atoms with E-state index in [-0.39, 0.29) is 12.5 Å². The second-order valence-corrected chi connectivity index (χ2v) is 2.94. The van der Waals surface area contributed by atoms with Gasteiger partial charge in [-0.1, -0.05) is 0 Å². The standard InChI is InChI=1S/C10H10F3NO3/c1-3-17-10(15)8-7(11)5(9(12)13)4-6(14-8)16-2/h4,9H,3H2,1-2H3. The number of hydrogen-bond donors (Lipinski definition) is 0. The van der Waals surface area contributed by atoms with Crippen molar-refractivity contribution in [1.82, 2.24) is 4.98 Å². The first-order chi connectivity index (χ1) is 8.01. The number of pyridine rings is 1. The third-order valence-electron chi connectivity index (χ3n) is 1.88. The maximum absolute atomic E-state index is 13.5. The van der Waals surface area contributed by atoms with Crippen LogP contribution in [0.1, 0.15) is 29.4 Å². The van der Waals surface area contributed by atoms with Crippen LogP contribution in [0.3, 0.4) is 0 Å². The molecule has 0 N–H and O–H groups in total. The van der Waals surface area contributed by atoms with Gasteiger partial charge < -0.3 is 9.47 Å². The summed E-state index contributed by atoms with van der Waals surface area (Å²) in [5.41, 5.74) is -1.75. The quantitative estimate of drug-likeness (QED) is 0.768. The summed E-state index contributed by atoms with van der Waals surface area (Å²) < 4.78 is 47.6. The Morgan fingerprint density at radius 3 is 2.65 bits per heavy atom. The van der Waals surface area contributed by atoms with Crippen molar-refractivity contribution < 1.29 is 27.4 Å². The van der Waals surface area contributed by atoms with Gasteiger partial charge in [-0.3, -0.25) is 0 Å². The highest BCUT2D eigenvalue weighted by Crippen LogP contribution is 2.27. The summed E-state index contributed by atoms with van der Waals surface area (Å²) in [7, 11) is 1.17. The molecule has 0 amide bonds. The van der Waals surface area contributed by atoms with E-state index < -0.39 is 29.5 Å². The molecule has 1 aromatic rings. The lowest BCUT2D eigenvalue weighted by molar-refractivity contribution is 0.0510. The summed E-state index contributed by atoms with van der Waals surface area (Å²) in [5.74, 6) is -2.77. The van der Waals surface area contributed by atoms with E-state index in [0.717, 1.165) is 6.07 Å². The van der Waals surface area contributed by atoms with Gasteiger partial charge in [-0.2, -0.15) is 0 Å². The Balaban J connectivity index is 3.28. The molecule has 0 radical (unpaired) electrons. The van der Waals surface area contributed by atoms with Crippen molar-refractivity contribution in [3.8, 4) is 5.88 Å². The van der Waals surface area contributed by atoms with E-state index >= 15 is 0 Å². The zero-order valence-electron chi connectivity index (χ0n) is 9.17. The molecule has 0 atom stereocenters. The smallest absolute Gasteiger partial charge is 0.360 e. The molecule has 0 aliphatic rings. The van der Waals surface area contributed by atoms with E-state index in [1.165, 1.54) is 14.0 Å². The molecule has 0 saturated carbocycles. The van der Waals surface area contributed by atoms with Crippen LogP contribution in [0.25, 0.3) is 0 Å². The number of nitrogens with zero attached hydrogens (tertiary/aromatic N) is 1. The molecular weight excluding hydrogens is 239 g/mol. The largest absolute Gasteiger partial charge is 0.481 e. The van der Waals surface area contributed by atoms with Gasteiger partial charge in [0.15, 0.2) is 11.5 Å². The summed E-state index contributed by atoms with van der Waals surface area (Å²) in [5, 5.41) is 0. The highest BCUT2D eigenvalue weighted by atomic mass is 19.3. The topological polar surface area (TPSA) is 48.4 Å². The van der Waals surface area contributed by atoms with Gasteiger partial charge in [0.2, 0.25) is 5.88 Å². The second kappa shape index (κ2) is 5.51. The van der Waals surface area contributed by atoms with Crippen LogP contribution in [-0.4, -0.2) is 24.7 Å². The van der Waals surface area contributed by atoms with Crippen LogP contribution < -0.4 is 4.74 Å². The lowest BCUT2D eigenvalue weighted by atomic mass is 10.2. The maximum atomic E-state index is 13.5. The predicted molar refractivity (Wildman–Crippen MR) is 51.7 cm³/mol. The Labute approximate surface area is 95.4 Å². The molecule has 0 fully saturated rings. The number of halogens is 3. The van der Waals surface area contributed by atoms with Gasteiger partial charge in [0.25, 0.3) is 6.43 Å². The summed E-state index contributed by atoms with van der Waals surface area (Å²) in [6, 6.07) is 0.739. The minimum Gasteiger partial charge on any atom is -0.481 e. The molecule has 0 saturated heterocycles. The van der Waals surface area contributed by atoms with Crippen molar-refractivity contribution in [3.63, 3.8) is 0 Å². The predicted octanol–water partition coefficient (Wildman–Crippen LogP) is 2.34. The summed E-state index contributed by atoms with van der Waals surface area (Å²) in [6.45, 7) is 1.49. The van der Waals surface area contributed by atoms with Gasteiger partial charge in [0.1, 0.15) is 0 Å². The summed E-state index contributed by atoms with van der Waals surface area (Å²) in [6.07, 6.45) is -3.07. The van der Waals surface area contributed by atoms with Crippen LogP contribution in [-0.2, 0) is 4.74 Å². The van der Waals surface area contributed by atoms with Crippen LogP contribution in [0.4, 0.5) is 13.2 Å². The molecule has 1 heterocycles. The number of esters is 1. The Bertz CT molecular complexity index is 424. The van der Waals surface area contributed by atoms with E-state index in [0.29, 0.717) is 0 Å². The van der Waals surface area contributed by atoms with Crippen molar-refractivity contribution in [2.75, 3.05) is 13.7 Å². The molecule has 0 aliphatic heterocycles. The van der Waals surface area contributed by atoms with E-state index in [4.69, 9.17) is 0 Å². The number of alkyl halides is 2. The summed E-state index contributed by atoms with van der Waals surface area (Å²) >= 11 is 0. The first-order valence-electron chi connectivity index (χ1n) is 4.71. The highest BCUT2D eigenvalue weighted by Gasteiger charge is 2.24. The first-order valence-corrected chi connectivity index (χ1v) is 4.71. The molecule has 0 spiro atoms. The number of rotatable bonds is 4. The highest BCUT2D eigenvalue weighted by molar-refractivity contribution is 5.88. The van der Waals surface area contributed by atoms with Crippen molar-refractivity contribution in [1.29, 1.82) is 0 Å². The average Bonchev–Trinajstić information content (AvgIpc) is 2.29. The van der Waals surface area contributed by atoms with Crippen molar-refractivity contribution in [2.24, 2.45) is 0 Å². The monoisotopic (exact) mass is 249 g/mol. The first kappa shape index (κ1) is 13.3. The minimum absolute atomic E-state index is 0.0127. The Morgan fingerprint density at radius 2 is 2.18 bits per heavy atom.